The number of rotatable bonds is 3. The predicted molar refractivity (Wildman–Crippen MR) is 76.6 cm³/mol. The number of carboxylic acids is 1. The number of carboxylic acid groups (broad SMARTS) is 1. The molecule has 3 aromatic rings. The van der Waals surface area contributed by atoms with E-state index in [4.69, 9.17) is 0 Å². The van der Waals surface area contributed by atoms with Crippen LogP contribution in [0.3, 0.4) is 0 Å². The highest BCUT2D eigenvalue weighted by atomic mass is 19.4. The van der Waals surface area contributed by atoms with Crippen molar-refractivity contribution in [3.05, 3.63) is 59.9 Å². The largest absolute Gasteiger partial charge is 0.478 e. The Morgan fingerprint density at radius 1 is 1.04 bits per heavy atom. The van der Waals surface area contributed by atoms with Crippen LogP contribution < -0.4 is 0 Å². The maximum absolute atomic E-state index is 13.0. The van der Waals surface area contributed by atoms with Crippen molar-refractivity contribution < 1.29 is 23.1 Å². The van der Waals surface area contributed by atoms with E-state index in [0.29, 0.717) is 15.8 Å². The molecule has 2 aromatic carbocycles. The summed E-state index contributed by atoms with van der Waals surface area (Å²) in [6.45, 7) is 0. The number of carbonyl (C=O) groups is 1. The zero-order valence-corrected chi connectivity index (χ0v) is 11.9. The van der Waals surface area contributed by atoms with Gasteiger partial charge in [-0.3, -0.25) is 0 Å². The monoisotopic (exact) mass is 334 g/mol. The molecule has 1 heterocycles. The second-order valence-electron chi connectivity index (χ2n) is 4.85. The summed E-state index contributed by atoms with van der Waals surface area (Å²) < 4.78 is 39.4. The van der Waals surface area contributed by atoms with Crippen LogP contribution in [-0.2, 0) is 6.18 Å². The first-order chi connectivity index (χ1) is 11.4. The van der Waals surface area contributed by atoms with Crippen molar-refractivity contribution in [1.29, 1.82) is 0 Å². The molecule has 0 amide bonds. The average Bonchev–Trinajstić information content (AvgIpc) is 3.05. The Balaban J connectivity index is 2.21. The van der Waals surface area contributed by atoms with Crippen molar-refractivity contribution in [3.8, 4) is 16.8 Å². The quantitative estimate of drug-likeness (QED) is 0.796. The number of hydrogen-bond donors (Lipinski definition) is 1. The van der Waals surface area contributed by atoms with Gasteiger partial charge in [-0.1, -0.05) is 30.3 Å². The first-order valence-electron chi connectivity index (χ1n) is 6.66. The summed E-state index contributed by atoms with van der Waals surface area (Å²) in [6, 6.07) is 12.5. The minimum absolute atomic E-state index is 0.0916. The minimum atomic E-state index is -4.77. The molecule has 0 saturated carbocycles. The molecule has 0 bridgehead atoms. The highest BCUT2D eigenvalue weighted by Crippen LogP contribution is 2.30. The summed E-state index contributed by atoms with van der Waals surface area (Å²) in [7, 11) is 0. The molecule has 0 aliphatic heterocycles. The zero-order chi connectivity index (χ0) is 17.3. The van der Waals surface area contributed by atoms with Gasteiger partial charge < -0.3 is 5.11 Å². The maximum atomic E-state index is 13.0. The molecule has 0 aliphatic carbocycles. The van der Waals surface area contributed by atoms with Gasteiger partial charge >= 0.3 is 12.1 Å². The number of tetrazole rings is 1. The minimum Gasteiger partial charge on any atom is -0.478 e. The third kappa shape index (κ3) is 2.96. The number of hydrogen-bond acceptors (Lipinski definition) is 4. The van der Waals surface area contributed by atoms with E-state index in [1.54, 1.807) is 30.3 Å². The highest BCUT2D eigenvalue weighted by molar-refractivity contribution is 5.90. The number of halogens is 3. The van der Waals surface area contributed by atoms with Crippen molar-refractivity contribution in [3.63, 3.8) is 0 Å². The summed E-state index contributed by atoms with van der Waals surface area (Å²) in [5.74, 6) is -2.60. The van der Waals surface area contributed by atoms with E-state index in [0.717, 1.165) is 6.07 Å². The van der Waals surface area contributed by atoms with Crippen LogP contribution in [0.25, 0.3) is 16.8 Å². The second kappa shape index (κ2) is 5.76. The molecular weight excluding hydrogens is 325 g/mol. The molecule has 1 N–H and O–H groups in total. The van der Waals surface area contributed by atoms with E-state index in [9.17, 15) is 23.1 Å². The Morgan fingerprint density at radius 2 is 1.75 bits per heavy atom. The number of aromatic nitrogens is 4. The fraction of sp³-hybridized carbons (Fsp3) is 0.0667. The molecule has 0 spiro atoms. The van der Waals surface area contributed by atoms with Crippen LogP contribution in [0.1, 0.15) is 16.2 Å². The van der Waals surface area contributed by atoms with Crippen molar-refractivity contribution in [2.75, 3.05) is 0 Å². The molecule has 0 saturated heterocycles. The lowest BCUT2D eigenvalue weighted by atomic mass is 10.0. The van der Waals surface area contributed by atoms with Crippen LogP contribution in [0.15, 0.2) is 48.5 Å². The van der Waals surface area contributed by atoms with Gasteiger partial charge in [0.2, 0.25) is 0 Å². The van der Waals surface area contributed by atoms with Gasteiger partial charge in [-0.05, 0) is 39.8 Å². The van der Waals surface area contributed by atoms with Crippen molar-refractivity contribution in [2.24, 2.45) is 0 Å². The normalized spacial score (nSPS) is 11.5. The lowest BCUT2D eigenvalue weighted by Crippen LogP contribution is -2.15. The summed E-state index contributed by atoms with van der Waals surface area (Å²) in [5, 5.41) is 18.6. The third-order valence-electron chi connectivity index (χ3n) is 3.24. The summed E-state index contributed by atoms with van der Waals surface area (Å²) in [6.07, 6.45) is -4.77. The molecule has 3 rings (SSSR count). The van der Waals surface area contributed by atoms with E-state index in [-0.39, 0.29) is 11.3 Å². The smallest absolute Gasteiger partial charge is 0.453 e. The van der Waals surface area contributed by atoms with E-state index in [2.05, 4.69) is 15.5 Å². The molecule has 0 fully saturated rings. The Bertz CT molecular complexity index is 891. The fourth-order valence-corrected chi connectivity index (χ4v) is 2.19. The van der Waals surface area contributed by atoms with E-state index >= 15 is 0 Å². The van der Waals surface area contributed by atoms with Gasteiger partial charge in [0.1, 0.15) is 0 Å². The van der Waals surface area contributed by atoms with Gasteiger partial charge in [-0.25, -0.2) is 4.79 Å². The van der Waals surface area contributed by atoms with E-state index in [1.165, 1.54) is 12.1 Å². The van der Waals surface area contributed by atoms with E-state index in [1.807, 2.05) is 0 Å². The molecule has 0 unspecified atom stereocenters. The number of alkyl halides is 3. The summed E-state index contributed by atoms with van der Waals surface area (Å²) in [5.41, 5.74) is 0.832. The molecular formula is C15H9F3N4O2. The lowest BCUT2D eigenvalue weighted by molar-refractivity contribution is -0.146. The Hall–Kier alpha value is -3.23. The summed E-state index contributed by atoms with van der Waals surface area (Å²) >= 11 is 0. The van der Waals surface area contributed by atoms with Gasteiger partial charge in [0.05, 0.1) is 11.3 Å². The Morgan fingerprint density at radius 3 is 2.38 bits per heavy atom. The topological polar surface area (TPSA) is 80.9 Å². The second-order valence-corrected chi connectivity index (χ2v) is 4.85. The van der Waals surface area contributed by atoms with Crippen LogP contribution in [-0.4, -0.2) is 31.3 Å². The van der Waals surface area contributed by atoms with Gasteiger partial charge in [-0.2, -0.15) is 17.9 Å². The Kier molecular flexibility index (Phi) is 3.76. The molecule has 24 heavy (non-hydrogen) atoms. The van der Waals surface area contributed by atoms with Crippen molar-refractivity contribution >= 4 is 5.97 Å². The molecule has 9 heteroatoms. The lowest BCUT2D eigenvalue weighted by Gasteiger charge is -2.10. The molecule has 122 valence electrons. The Labute approximate surface area is 133 Å². The maximum Gasteiger partial charge on any atom is 0.453 e. The van der Waals surface area contributed by atoms with Crippen molar-refractivity contribution in [1.82, 2.24) is 20.2 Å². The average molecular weight is 334 g/mol. The van der Waals surface area contributed by atoms with E-state index < -0.39 is 18.0 Å². The van der Waals surface area contributed by atoms with Crippen molar-refractivity contribution in [2.45, 2.75) is 6.18 Å². The first kappa shape index (κ1) is 15.7. The molecule has 0 atom stereocenters. The molecule has 0 aliphatic rings. The number of nitrogens with zero attached hydrogens (tertiary/aromatic N) is 4. The van der Waals surface area contributed by atoms with Crippen LogP contribution in [0.2, 0.25) is 0 Å². The zero-order valence-electron chi connectivity index (χ0n) is 11.9. The SMILES string of the molecule is O=C(O)c1cc(-c2ccccc2)cc(-n2nnnc2C(F)(F)F)c1. The molecule has 0 radical (unpaired) electrons. The highest BCUT2D eigenvalue weighted by Gasteiger charge is 2.38. The molecule has 6 nitrogen and oxygen atoms in total. The van der Waals surface area contributed by atoms with Gasteiger partial charge in [0.15, 0.2) is 0 Å². The summed E-state index contributed by atoms with van der Waals surface area (Å²) in [4.78, 5) is 11.3. The first-order valence-corrected chi connectivity index (χ1v) is 6.66. The number of benzene rings is 2. The van der Waals surface area contributed by atoms with Gasteiger partial charge in [-0.15, -0.1) is 5.10 Å². The van der Waals surface area contributed by atoms with Gasteiger partial charge in [0, 0.05) is 0 Å². The van der Waals surface area contributed by atoms with Gasteiger partial charge in [0.25, 0.3) is 5.82 Å². The molecule has 1 aromatic heterocycles. The van der Waals surface area contributed by atoms with Crippen LogP contribution in [0, 0.1) is 0 Å². The van der Waals surface area contributed by atoms with Crippen LogP contribution in [0.4, 0.5) is 13.2 Å². The van der Waals surface area contributed by atoms with Crippen LogP contribution >= 0.6 is 0 Å². The third-order valence-corrected chi connectivity index (χ3v) is 3.24. The van der Waals surface area contributed by atoms with Crippen LogP contribution in [0.5, 0.6) is 0 Å². The predicted octanol–water partition coefficient (Wildman–Crippen LogP) is 3.05. The fourth-order valence-electron chi connectivity index (χ4n) is 2.19. The number of aromatic carboxylic acids is 1. The standard InChI is InChI=1S/C15H9F3N4O2/c16-15(17,18)14-19-20-21-22(14)12-7-10(6-11(8-12)13(23)24)9-4-2-1-3-5-9/h1-8H,(H,23,24).